The van der Waals surface area contributed by atoms with Gasteiger partial charge in [0, 0.05) is 6.04 Å². The maximum absolute atomic E-state index is 6.58. The Kier molecular flexibility index (Phi) is 4.07. The largest absolute Gasteiger partial charge is 0.324 e. The summed E-state index contributed by atoms with van der Waals surface area (Å²) in [5.74, 6) is 1.55. The van der Waals surface area contributed by atoms with Gasteiger partial charge in [0.05, 0.1) is 0 Å². The van der Waals surface area contributed by atoms with E-state index < -0.39 is 0 Å². The van der Waals surface area contributed by atoms with Crippen LogP contribution < -0.4 is 5.73 Å². The normalized spacial score (nSPS) is 24.7. The highest BCUT2D eigenvalue weighted by Gasteiger charge is 2.26. The van der Waals surface area contributed by atoms with Gasteiger partial charge in [0.2, 0.25) is 0 Å². The molecule has 3 atom stereocenters. The average molecular weight is 267 g/mol. The van der Waals surface area contributed by atoms with Gasteiger partial charge in [-0.25, -0.2) is 0 Å². The third kappa shape index (κ3) is 2.73. The lowest BCUT2D eigenvalue weighted by atomic mass is 9.75. The highest BCUT2D eigenvalue weighted by Crippen LogP contribution is 2.37. The van der Waals surface area contributed by atoms with Gasteiger partial charge in [-0.3, -0.25) is 0 Å². The number of rotatable bonds is 3. The van der Waals surface area contributed by atoms with Crippen molar-refractivity contribution >= 4 is 10.8 Å². The lowest BCUT2D eigenvalue weighted by Gasteiger charge is -2.32. The molecule has 3 rings (SSSR count). The fourth-order valence-corrected chi connectivity index (χ4v) is 3.72. The Balaban J connectivity index is 1.82. The molecule has 1 fully saturated rings. The van der Waals surface area contributed by atoms with Crippen LogP contribution in [-0.2, 0) is 0 Å². The molecule has 106 valence electrons. The maximum atomic E-state index is 6.58. The first-order valence-corrected chi connectivity index (χ1v) is 8.02. The Morgan fingerprint density at radius 2 is 1.90 bits per heavy atom. The van der Waals surface area contributed by atoms with Crippen molar-refractivity contribution in [2.75, 3.05) is 0 Å². The Labute approximate surface area is 122 Å². The van der Waals surface area contributed by atoms with Gasteiger partial charge in [0.1, 0.15) is 0 Å². The van der Waals surface area contributed by atoms with E-state index >= 15 is 0 Å². The molecule has 0 aliphatic heterocycles. The Morgan fingerprint density at radius 3 is 2.70 bits per heavy atom. The van der Waals surface area contributed by atoms with Crippen molar-refractivity contribution in [3.8, 4) is 0 Å². The van der Waals surface area contributed by atoms with E-state index in [1.807, 2.05) is 0 Å². The van der Waals surface area contributed by atoms with Crippen LogP contribution in [0.1, 0.15) is 50.6 Å². The number of nitrogens with two attached hydrogens (primary N) is 1. The lowest BCUT2D eigenvalue weighted by molar-refractivity contribution is 0.230. The zero-order valence-corrected chi connectivity index (χ0v) is 12.4. The van der Waals surface area contributed by atoms with Gasteiger partial charge in [0.25, 0.3) is 0 Å². The molecule has 3 unspecified atom stereocenters. The van der Waals surface area contributed by atoms with Crippen LogP contribution in [0, 0.1) is 11.8 Å². The third-order valence-corrected chi connectivity index (χ3v) is 5.07. The second-order valence-electron chi connectivity index (χ2n) is 6.33. The number of benzene rings is 2. The zero-order chi connectivity index (χ0) is 13.9. The Hall–Kier alpha value is -1.34. The van der Waals surface area contributed by atoms with E-state index in [0.29, 0.717) is 5.92 Å². The Morgan fingerprint density at radius 1 is 1.10 bits per heavy atom. The number of fused-ring (bicyclic) bond motifs is 1. The molecule has 2 N–H and O–H groups in total. The van der Waals surface area contributed by atoms with Crippen LogP contribution in [0.5, 0.6) is 0 Å². The number of hydrogen-bond acceptors (Lipinski definition) is 1. The fraction of sp³-hybridized carbons (Fsp3) is 0.474. The maximum Gasteiger partial charge on any atom is 0.0323 e. The summed E-state index contributed by atoms with van der Waals surface area (Å²) in [6.07, 6.45) is 6.66. The molecule has 1 heteroatoms. The van der Waals surface area contributed by atoms with E-state index in [2.05, 4.69) is 49.4 Å². The van der Waals surface area contributed by atoms with Crippen LogP contribution in [0.2, 0.25) is 0 Å². The van der Waals surface area contributed by atoms with Crippen molar-refractivity contribution in [3.05, 3.63) is 48.0 Å². The summed E-state index contributed by atoms with van der Waals surface area (Å²) >= 11 is 0. The highest BCUT2D eigenvalue weighted by molar-refractivity contribution is 5.83. The molecule has 1 nitrogen and oxygen atoms in total. The average Bonchev–Trinajstić information content (AvgIpc) is 2.53. The van der Waals surface area contributed by atoms with Crippen molar-refractivity contribution in [2.45, 2.75) is 45.1 Å². The molecular formula is C19H25N. The van der Waals surface area contributed by atoms with Gasteiger partial charge in [-0.2, -0.15) is 0 Å². The van der Waals surface area contributed by atoms with Crippen LogP contribution in [0.15, 0.2) is 42.5 Å². The van der Waals surface area contributed by atoms with Gasteiger partial charge < -0.3 is 5.73 Å². The van der Waals surface area contributed by atoms with Crippen LogP contribution in [0.3, 0.4) is 0 Å². The SMILES string of the molecule is CCC1CCCC(C(N)c2ccc3ccccc3c2)C1. The quantitative estimate of drug-likeness (QED) is 0.826. The van der Waals surface area contributed by atoms with E-state index in [1.54, 1.807) is 0 Å². The summed E-state index contributed by atoms with van der Waals surface area (Å²) in [7, 11) is 0. The molecule has 0 spiro atoms. The van der Waals surface area contributed by atoms with Gasteiger partial charge in [-0.05, 0) is 47.1 Å². The van der Waals surface area contributed by atoms with Gasteiger partial charge in [0.15, 0.2) is 0 Å². The molecule has 1 aliphatic rings. The summed E-state index contributed by atoms with van der Waals surface area (Å²) in [4.78, 5) is 0. The van der Waals surface area contributed by atoms with E-state index in [0.717, 1.165) is 5.92 Å². The second-order valence-corrected chi connectivity index (χ2v) is 6.33. The molecule has 2 aromatic carbocycles. The van der Waals surface area contributed by atoms with Crippen molar-refractivity contribution in [1.29, 1.82) is 0 Å². The van der Waals surface area contributed by atoms with Gasteiger partial charge in [-0.15, -0.1) is 0 Å². The lowest BCUT2D eigenvalue weighted by Crippen LogP contribution is -2.26. The predicted molar refractivity (Wildman–Crippen MR) is 86.6 cm³/mol. The number of hydrogen-bond donors (Lipinski definition) is 1. The molecule has 0 saturated heterocycles. The summed E-state index contributed by atoms with van der Waals surface area (Å²) < 4.78 is 0. The molecule has 0 radical (unpaired) electrons. The summed E-state index contributed by atoms with van der Waals surface area (Å²) in [5.41, 5.74) is 7.89. The second kappa shape index (κ2) is 5.97. The summed E-state index contributed by atoms with van der Waals surface area (Å²) in [5, 5.41) is 2.61. The minimum atomic E-state index is 0.203. The predicted octanol–water partition coefficient (Wildman–Crippen LogP) is 5.06. The van der Waals surface area contributed by atoms with Crippen LogP contribution in [0.25, 0.3) is 10.8 Å². The highest BCUT2D eigenvalue weighted by atomic mass is 14.7. The van der Waals surface area contributed by atoms with Crippen LogP contribution in [0.4, 0.5) is 0 Å². The zero-order valence-electron chi connectivity index (χ0n) is 12.4. The fourth-order valence-electron chi connectivity index (χ4n) is 3.72. The molecule has 0 aromatic heterocycles. The smallest absolute Gasteiger partial charge is 0.0323 e. The van der Waals surface area contributed by atoms with E-state index in [-0.39, 0.29) is 6.04 Å². The minimum absolute atomic E-state index is 0.203. The topological polar surface area (TPSA) is 26.0 Å². The van der Waals surface area contributed by atoms with E-state index in [1.165, 1.54) is 48.4 Å². The molecule has 1 saturated carbocycles. The molecule has 2 aromatic rings. The first-order valence-electron chi connectivity index (χ1n) is 8.02. The van der Waals surface area contributed by atoms with Crippen molar-refractivity contribution in [2.24, 2.45) is 17.6 Å². The van der Waals surface area contributed by atoms with Crippen molar-refractivity contribution in [3.63, 3.8) is 0 Å². The summed E-state index contributed by atoms with van der Waals surface area (Å²) in [6, 6.07) is 15.5. The van der Waals surface area contributed by atoms with E-state index in [9.17, 15) is 0 Å². The van der Waals surface area contributed by atoms with E-state index in [4.69, 9.17) is 5.73 Å². The molecule has 20 heavy (non-hydrogen) atoms. The molecular weight excluding hydrogens is 242 g/mol. The minimum Gasteiger partial charge on any atom is -0.324 e. The van der Waals surface area contributed by atoms with Gasteiger partial charge in [-0.1, -0.05) is 62.6 Å². The standard InChI is InChI=1S/C19H25N/c1-2-14-6-5-9-17(12-14)19(20)18-11-10-15-7-3-4-8-16(15)13-18/h3-4,7-8,10-11,13-14,17,19H,2,5-6,9,12,20H2,1H3. The van der Waals surface area contributed by atoms with Gasteiger partial charge >= 0.3 is 0 Å². The first-order chi connectivity index (χ1) is 9.78. The van der Waals surface area contributed by atoms with Crippen LogP contribution >= 0.6 is 0 Å². The van der Waals surface area contributed by atoms with Crippen LogP contribution in [-0.4, -0.2) is 0 Å². The monoisotopic (exact) mass is 267 g/mol. The third-order valence-electron chi connectivity index (χ3n) is 5.07. The molecule has 0 heterocycles. The molecule has 0 amide bonds. The summed E-state index contributed by atoms with van der Waals surface area (Å²) in [6.45, 7) is 2.31. The molecule has 0 bridgehead atoms. The Bertz CT molecular complexity index is 575. The first kappa shape index (κ1) is 13.6. The molecule has 1 aliphatic carbocycles. The van der Waals surface area contributed by atoms with Crippen molar-refractivity contribution in [1.82, 2.24) is 0 Å². The van der Waals surface area contributed by atoms with Crippen molar-refractivity contribution < 1.29 is 0 Å².